The van der Waals surface area contributed by atoms with Crippen LogP contribution in [-0.2, 0) is 11.2 Å². The van der Waals surface area contributed by atoms with Crippen molar-refractivity contribution in [3.05, 3.63) is 46.7 Å². The maximum atomic E-state index is 13.1. The molecule has 0 aliphatic rings. The SMILES string of the molecule is CC(C)(N)C(=O)Nc1ncc(Cc2cccc(F)c2)s1. The number of rotatable bonds is 4. The Morgan fingerprint density at radius 3 is 2.90 bits per heavy atom. The summed E-state index contributed by atoms with van der Waals surface area (Å²) in [5, 5.41) is 3.17. The fourth-order valence-corrected chi connectivity index (χ4v) is 2.40. The van der Waals surface area contributed by atoms with Crippen molar-refractivity contribution in [1.82, 2.24) is 4.98 Å². The highest BCUT2D eigenvalue weighted by Crippen LogP contribution is 2.22. The Kier molecular flexibility index (Phi) is 4.15. The average Bonchev–Trinajstić information content (AvgIpc) is 2.75. The molecule has 0 aliphatic carbocycles. The van der Waals surface area contributed by atoms with Gasteiger partial charge in [0.25, 0.3) is 0 Å². The fourth-order valence-electron chi connectivity index (χ4n) is 1.55. The molecule has 0 fully saturated rings. The molecule has 0 aliphatic heterocycles. The van der Waals surface area contributed by atoms with Crippen molar-refractivity contribution in [2.75, 3.05) is 5.32 Å². The van der Waals surface area contributed by atoms with Gasteiger partial charge in [-0.1, -0.05) is 12.1 Å². The maximum absolute atomic E-state index is 13.1. The van der Waals surface area contributed by atoms with Crippen LogP contribution in [0.3, 0.4) is 0 Å². The summed E-state index contributed by atoms with van der Waals surface area (Å²) in [4.78, 5) is 16.8. The number of carbonyl (C=O) groups excluding carboxylic acids is 1. The molecule has 3 N–H and O–H groups in total. The number of carbonyl (C=O) groups is 1. The van der Waals surface area contributed by atoms with Gasteiger partial charge in [-0.3, -0.25) is 4.79 Å². The van der Waals surface area contributed by atoms with Crippen molar-refractivity contribution in [1.29, 1.82) is 0 Å². The van der Waals surface area contributed by atoms with Crippen LogP contribution in [0.4, 0.5) is 9.52 Å². The normalized spacial score (nSPS) is 11.4. The van der Waals surface area contributed by atoms with Crippen LogP contribution in [0, 0.1) is 5.82 Å². The molecule has 4 nitrogen and oxygen atoms in total. The van der Waals surface area contributed by atoms with E-state index < -0.39 is 5.54 Å². The van der Waals surface area contributed by atoms with Crippen LogP contribution >= 0.6 is 11.3 Å². The third-order valence-electron chi connectivity index (χ3n) is 2.63. The molecular formula is C14H16FN3OS. The molecule has 2 aromatic rings. The Labute approximate surface area is 120 Å². The van der Waals surface area contributed by atoms with E-state index in [1.54, 1.807) is 26.1 Å². The van der Waals surface area contributed by atoms with Crippen LogP contribution in [0.15, 0.2) is 30.5 Å². The van der Waals surface area contributed by atoms with E-state index in [0.29, 0.717) is 11.6 Å². The van der Waals surface area contributed by atoms with E-state index in [-0.39, 0.29) is 11.7 Å². The minimum atomic E-state index is -0.950. The number of nitrogens with zero attached hydrogens (tertiary/aromatic N) is 1. The molecule has 0 unspecified atom stereocenters. The molecule has 0 radical (unpaired) electrons. The first-order chi connectivity index (χ1) is 9.34. The second-order valence-corrected chi connectivity index (χ2v) is 6.23. The van der Waals surface area contributed by atoms with Gasteiger partial charge in [-0.05, 0) is 31.5 Å². The maximum Gasteiger partial charge on any atom is 0.245 e. The number of nitrogens with one attached hydrogen (secondary N) is 1. The molecule has 1 heterocycles. The molecule has 2 rings (SSSR count). The summed E-state index contributed by atoms with van der Waals surface area (Å²) in [5.74, 6) is -0.547. The van der Waals surface area contributed by atoms with Gasteiger partial charge in [0.05, 0.1) is 5.54 Å². The summed E-state index contributed by atoms with van der Waals surface area (Å²) >= 11 is 1.36. The molecule has 0 spiro atoms. The van der Waals surface area contributed by atoms with Gasteiger partial charge in [-0.25, -0.2) is 9.37 Å². The van der Waals surface area contributed by atoms with E-state index >= 15 is 0 Å². The molecule has 6 heteroatoms. The van der Waals surface area contributed by atoms with E-state index in [1.807, 2.05) is 6.07 Å². The third kappa shape index (κ3) is 3.85. The van der Waals surface area contributed by atoms with Gasteiger partial charge < -0.3 is 11.1 Å². The number of benzene rings is 1. The number of hydrogen-bond donors (Lipinski definition) is 2. The van der Waals surface area contributed by atoms with Gasteiger partial charge in [-0.2, -0.15) is 0 Å². The minimum absolute atomic E-state index is 0.259. The lowest BCUT2D eigenvalue weighted by molar-refractivity contribution is -0.120. The predicted octanol–water partition coefficient (Wildman–Crippen LogP) is 2.55. The van der Waals surface area contributed by atoms with Gasteiger partial charge >= 0.3 is 0 Å². The number of aromatic nitrogens is 1. The van der Waals surface area contributed by atoms with Crippen LogP contribution in [0.5, 0.6) is 0 Å². The van der Waals surface area contributed by atoms with Crippen molar-refractivity contribution in [3.63, 3.8) is 0 Å². The zero-order valence-corrected chi connectivity index (χ0v) is 12.1. The van der Waals surface area contributed by atoms with Crippen LogP contribution in [0.2, 0.25) is 0 Å². The van der Waals surface area contributed by atoms with Crippen molar-refractivity contribution in [2.45, 2.75) is 25.8 Å². The second kappa shape index (κ2) is 5.68. The fraction of sp³-hybridized carbons (Fsp3) is 0.286. The molecule has 0 atom stereocenters. The summed E-state index contributed by atoms with van der Waals surface area (Å²) in [5.41, 5.74) is 5.61. The van der Waals surface area contributed by atoms with E-state index in [2.05, 4.69) is 10.3 Å². The van der Waals surface area contributed by atoms with E-state index in [0.717, 1.165) is 10.4 Å². The first-order valence-corrected chi connectivity index (χ1v) is 6.96. The van der Waals surface area contributed by atoms with Gasteiger partial charge in [0.2, 0.25) is 5.91 Å². The predicted molar refractivity (Wildman–Crippen MR) is 78.2 cm³/mol. The first-order valence-electron chi connectivity index (χ1n) is 6.14. The van der Waals surface area contributed by atoms with E-state index in [4.69, 9.17) is 5.73 Å². The van der Waals surface area contributed by atoms with Crippen molar-refractivity contribution in [3.8, 4) is 0 Å². The number of hydrogen-bond acceptors (Lipinski definition) is 4. The molecule has 1 aromatic carbocycles. The van der Waals surface area contributed by atoms with E-state index in [9.17, 15) is 9.18 Å². The first kappa shape index (κ1) is 14.6. The van der Waals surface area contributed by atoms with Crippen molar-refractivity contribution < 1.29 is 9.18 Å². The molecule has 0 saturated carbocycles. The Hall–Kier alpha value is -1.79. The minimum Gasteiger partial charge on any atom is -0.318 e. The Balaban J connectivity index is 2.04. The van der Waals surface area contributed by atoms with E-state index in [1.165, 1.54) is 23.5 Å². The quantitative estimate of drug-likeness (QED) is 0.910. The average molecular weight is 293 g/mol. The van der Waals surface area contributed by atoms with Crippen LogP contribution in [0.1, 0.15) is 24.3 Å². The lowest BCUT2D eigenvalue weighted by atomic mass is 10.1. The van der Waals surface area contributed by atoms with Crippen molar-refractivity contribution >= 4 is 22.4 Å². The number of halogens is 1. The van der Waals surface area contributed by atoms with Gasteiger partial charge in [-0.15, -0.1) is 11.3 Å². The summed E-state index contributed by atoms with van der Waals surface area (Å²) in [6.07, 6.45) is 2.26. The topological polar surface area (TPSA) is 68.0 Å². The summed E-state index contributed by atoms with van der Waals surface area (Å²) in [6, 6.07) is 6.42. The van der Waals surface area contributed by atoms with Gasteiger partial charge in [0, 0.05) is 17.5 Å². The van der Waals surface area contributed by atoms with Gasteiger partial charge in [0.1, 0.15) is 5.82 Å². The summed E-state index contributed by atoms with van der Waals surface area (Å²) < 4.78 is 13.1. The van der Waals surface area contributed by atoms with Crippen LogP contribution in [0.25, 0.3) is 0 Å². The zero-order chi connectivity index (χ0) is 14.8. The van der Waals surface area contributed by atoms with Crippen LogP contribution in [-0.4, -0.2) is 16.4 Å². The molecule has 1 aromatic heterocycles. The Bertz CT molecular complexity index is 619. The number of nitrogens with two attached hydrogens (primary N) is 1. The highest BCUT2D eigenvalue weighted by Gasteiger charge is 2.22. The summed E-state index contributed by atoms with van der Waals surface area (Å²) in [6.45, 7) is 3.26. The Morgan fingerprint density at radius 1 is 1.50 bits per heavy atom. The Morgan fingerprint density at radius 2 is 2.25 bits per heavy atom. The largest absolute Gasteiger partial charge is 0.318 e. The molecular weight excluding hydrogens is 277 g/mol. The smallest absolute Gasteiger partial charge is 0.245 e. The van der Waals surface area contributed by atoms with Gasteiger partial charge in [0.15, 0.2) is 5.13 Å². The monoisotopic (exact) mass is 293 g/mol. The molecule has 20 heavy (non-hydrogen) atoms. The molecule has 0 bridgehead atoms. The summed E-state index contributed by atoms with van der Waals surface area (Å²) in [7, 11) is 0. The lowest BCUT2D eigenvalue weighted by Crippen LogP contribution is -2.45. The number of amides is 1. The number of thiazole rings is 1. The standard InChI is InChI=1S/C14H16FN3OS/c1-14(2,16)12(19)18-13-17-8-11(20-13)7-9-4-3-5-10(15)6-9/h3-6,8H,7,16H2,1-2H3,(H,17,18,19). The molecule has 1 amide bonds. The highest BCUT2D eigenvalue weighted by atomic mass is 32.1. The molecule has 0 saturated heterocycles. The highest BCUT2D eigenvalue weighted by molar-refractivity contribution is 7.15. The zero-order valence-electron chi connectivity index (χ0n) is 11.3. The molecule has 106 valence electrons. The third-order valence-corrected chi connectivity index (χ3v) is 3.54. The van der Waals surface area contributed by atoms with Crippen LogP contribution < -0.4 is 11.1 Å². The number of anilines is 1. The van der Waals surface area contributed by atoms with Crippen molar-refractivity contribution in [2.24, 2.45) is 5.73 Å². The second-order valence-electron chi connectivity index (χ2n) is 5.11. The lowest BCUT2D eigenvalue weighted by Gasteiger charge is -2.16.